The molecule has 1 aliphatic heterocycles. The van der Waals surface area contributed by atoms with Crippen LogP contribution in [-0.2, 0) is 0 Å². The molecular formula is C20H21ClN2O. The van der Waals surface area contributed by atoms with Crippen LogP contribution in [0.3, 0.4) is 0 Å². The molecule has 0 saturated carbocycles. The molecule has 124 valence electrons. The zero-order valence-corrected chi connectivity index (χ0v) is 14.5. The fourth-order valence-corrected chi connectivity index (χ4v) is 2.97. The van der Waals surface area contributed by atoms with Crippen LogP contribution in [0.4, 0.5) is 5.69 Å². The van der Waals surface area contributed by atoms with Crippen molar-refractivity contribution in [2.24, 2.45) is 0 Å². The van der Waals surface area contributed by atoms with E-state index in [1.54, 1.807) is 6.08 Å². The predicted octanol–water partition coefficient (Wildman–Crippen LogP) is 4.17. The molecule has 0 N–H and O–H groups in total. The van der Waals surface area contributed by atoms with E-state index in [-0.39, 0.29) is 5.78 Å². The Hall–Kier alpha value is -2.26. The molecule has 0 aromatic heterocycles. The number of hydrogen-bond donors (Lipinski definition) is 0. The van der Waals surface area contributed by atoms with Gasteiger partial charge in [0, 0.05) is 54.7 Å². The maximum atomic E-state index is 12.2. The number of aryl methyl sites for hydroxylation is 1. The summed E-state index contributed by atoms with van der Waals surface area (Å²) >= 11 is 6.06. The number of ketones is 1. The first-order valence-corrected chi connectivity index (χ1v) is 8.53. The van der Waals surface area contributed by atoms with Gasteiger partial charge in [-0.1, -0.05) is 47.5 Å². The van der Waals surface area contributed by atoms with Gasteiger partial charge >= 0.3 is 0 Å². The van der Waals surface area contributed by atoms with E-state index in [4.69, 9.17) is 11.6 Å². The molecule has 1 aliphatic rings. The highest BCUT2D eigenvalue weighted by Gasteiger charge is 2.15. The van der Waals surface area contributed by atoms with Gasteiger partial charge in [0.15, 0.2) is 5.78 Å². The van der Waals surface area contributed by atoms with Gasteiger partial charge in [0.1, 0.15) is 0 Å². The third-order valence-electron chi connectivity index (χ3n) is 4.26. The number of benzene rings is 2. The lowest BCUT2D eigenvalue weighted by atomic mass is 10.1. The molecule has 0 bridgehead atoms. The fourth-order valence-electron chi connectivity index (χ4n) is 2.79. The van der Waals surface area contributed by atoms with Gasteiger partial charge in [0.2, 0.25) is 0 Å². The Morgan fingerprint density at radius 3 is 2.42 bits per heavy atom. The van der Waals surface area contributed by atoms with Crippen LogP contribution in [-0.4, -0.2) is 36.9 Å². The van der Waals surface area contributed by atoms with Crippen LogP contribution < -0.4 is 4.90 Å². The van der Waals surface area contributed by atoms with Gasteiger partial charge in [-0.3, -0.25) is 4.79 Å². The van der Waals surface area contributed by atoms with Gasteiger partial charge < -0.3 is 9.80 Å². The van der Waals surface area contributed by atoms with E-state index in [0.29, 0.717) is 0 Å². The van der Waals surface area contributed by atoms with Crippen molar-refractivity contribution in [2.45, 2.75) is 6.92 Å². The molecule has 1 fully saturated rings. The lowest BCUT2D eigenvalue weighted by Crippen LogP contribution is -2.44. The quantitative estimate of drug-likeness (QED) is 0.616. The van der Waals surface area contributed by atoms with Crippen LogP contribution in [0.5, 0.6) is 0 Å². The number of rotatable bonds is 4. The normalized spacial score (nSPS) is 15.1. The van der Waals surface area contributed by atoms with Crippen molar-refractivity contribution >= 4 is 23.1 Å². The molecule has 0 atom stereocenters. The monoisotopic (exact) mass is 340 g/mol. The first kappa shape index (κ1) is 16.6. The Balaban J connectivity index is 1.55. The number of anilines is 1. The standard InChI is InChI=1S/C20H21ClN2O/c1-16-5-7-17(8-6-16)20(24)9-10-22-11-13-23(14-12-22)19-4-2-3-18(21)15-19/h2-10,15H,11-14H2,1H3/b10-9-. The van der Waals surface area contributed by atoms with Crippen molar-refractivity contribution in [3.05, 3.63) is 77.0 Å². The van der Waals surface area contributed by atoms with Crippen LogP contribution >= 0.6 is 11.6 Å². The van der Waals surface area contributed by atoms with Crippen molar-refractivity contribution in [2.75, 3.05) is 31.1 Å². The van der Waals surface area contributed by atoms with Crippen molar-refractivity contribution in [1.82, 2.24) is 4.90 Å². The van der Waals surface area contributed by atoms with Gasteiger partial charge in [-0.25, -0.2) is 0 Å². The first-order valence-electron chi connectivity index (χ1n) is 8.15. The van der Waals surface area contributed by atoms with E-state index in [9.17, 15) is 4.79 Å². The summed E-state index contributed by atoms with van der Waals surface area (Å²) in [7, 11) is 0. The summed E-state index contributed by atoms with van der Waals surface area (Å²) in [5.41, 5.74) is 3.05. The number of piperazine rings is 1. The van der Waals surface area contributed by atoms with Gasteiger partial charge in [0.05, 0.1) is 0 Å². The Morgan fingerprint density at radius 2 is 1.75 bits per heavy atom. The van der Waals surface area contributed by atoms with Gasteiger partial charge in [-0.15, -0.1) is 0 Å². The molecule has 2 aromatic carbocycles. The maximum absolute atomic E-state index is 12.2. The molecule has 1 heterocycles. The highest BCUT2D eigenvalue weighted by atomic mass is 35.5. The highest BCUT2D eigenvalue weighted by Crippen LogP contribution is 2.20. The Kier molecular flexibility index (Phi) is 5.21. The first-order chi connectivity index (χ1) is 11.6. The molecule has 0 radical (unpaired) electrons. The third-order valence-corrected chi connectivity index (χ3v) is 4.50. The zero-order valence-electron chi connectivity index (χ0n) is 13.8. The average Bonchev–Trinajstić information content (AvgIpc) is 2.61. The summed E-state index contributed by atoms with van der Waals surface area (Å²) in [6.45, 7) is 5.64. The number of halogens is 1. The van der Waals surface area contributed by atoms with Gasteiger partial charge in [-0.05, 0) is 25.1 Å². The summed E-state index contributed by atoms with van der Waals surface area (Å²) < 4.78 is 0. The molecule has 4 heteroatoms. The van der Waals surface area contributed by atoms with Gasteiger partial charge in [-0.2, -0.15) is 0 Å². The number of nitrogens with zero attached hydrogens (tertiary/aromatic N) is 2. The molecule has 3 rings (SSSR count). The van der Waals surface area contributed by atoms with Gasteiger partial charge in [0.25, 0.3) is 0 Å². The zero-order chi connectivity index (χ0) is 16.9. The van der Waals surface area contributed by atoms with E-state index in [2.05, 4.69) is 15.9 Å². The largest absolute Gasteiger partial charge is 0.374 e. The second-order valence-electron chi connectivity index (χ2n) is 6.05. The second kappa shape index (κ2) is 7.54. The average molecular weight is 341 g/mol. The van der Waals surface area contributed by atoms with E-state index in [1.807, 2.05) is 55.6 Å². The lowest BCUT2D eigenvalue weighted by molar-refractivity contribution is 0.104. The van der Waals surface area contributed by atoms with Crippen molar-refractivity contribution in [3.63, 3.8) is 0 Å². The minimum Gasteiger partial charge on any atom is -0.374 e. The summed E-state index contributed by atoms with van der Waals surface area (Å²) in [5.74, 6) is 0.0484. The topological polar surface area (TPSA) is 23.6 Å². The Bertz CT molecular complexity index is 732. The fraction of sp³-hybridized carbons (Fsp3) is 0.250. The molecule has 1 saturated heterocycles. The second-order valence-corrected chi connectivity index (χ2v) is 6.49. The molecule has 24 heavy (non-hydrogen) atoms. The number of hydrogen-bond acceptors (Lipinski definition) is 3. The Labute approximate surface area is 148 Å². The summed E-state index contributed by atoms with van der Waals surface area (Å²) in [5, 5.41) is 0.763. The van der Waals surface area contributed by atoms with E-state index >= 15 is 0 Å². The molecular weight excluding hydrogens is 320 g/mol. The third kappa shape index (κ3) is 4.18. The van der Waals surface area contributed by atoms with Crippen LogP contribution in [0.1, 0.15) is 15.9 Å². The minimum absolute atomic E-state index is 0.0484. The molecule has 3 nitrogen and oxygen atoms in total. The number of carbonyl (C=O) groups excluding carboxylic acids is 1. The molecule has 0 amide bonds. The molecule has 0 unspecified atom stereocenters. The highest BCUT2D eigenvalue weighted by molar-refractivity contribution is 6.30. The van der Waals surface area contributed by atoms with Crippen LogP contribution in [0.2, 0.25) is 5.02 Å². The van der Waals surface area contributed by atoms with E-state index < -0.39 is 0 Å². The lowest BCUT2D eigenvalue weighted by Gasteiger charge is -2.35. The van der Waals surface area contributed by atoms with E-state index in [1.165, 1.54) is 0 Å². The summed E-state index contributed by atoms with van der Waals surface area (Å²) in [6.07, 6.45) is 3.58. The van der Waals surface area contributed by atoms with Crippen LogP contribution in [0.15, 0.2) is 60.8 Å². The number of allylic oxidation sites excluding steroid dienone is 1. The van der Waals surface area contributed by atoms with Crippen LogP contribution in [0, 0.1) is 6.92 Å². The smallest absolute Gasteiger partial charge is 0.187 e. The molecule has 2 aromatic rings. The molecule has 0 aliphatic carbocycles. The van der Waals surface area contributed by atoms with Crippen molar-refractivity contribution in [3.8, 4) is 0 Å². The van der Waals surface area contributed by atoms with Crippen LogP contribution in [0.25, 0.3) is 0 Å². The Morgan fingerprint density at radius 1 is 1.04 bits per heavy atom. The minimum atomic E-state index is 0.0484. The maximum Gasteiger partial charge on any atom is 0.187 e. The SMILES string of the molecule is Cc1ccc(C(=O)/C=C\N2CCN(c3cccc(Cl)c3)CC2)cc1. The van der Waals surface area contributed by atoms with Crippen molar-refractivity contribution in [1.29, 1.82) is 0 Å². The summed E-state index contributed by atoms with van der Waals surface area (Å²) in [4.78, 5) is 16.7. The van der Waals surface area contributed by atoms with E-state index in [0.717, 1.165) is 48.0 Å². The summed E-state index contributed by atoms with van der Waals surface area (Å²) in [6, 6.07) is 15.6. The molecule has 0 spiro atoms. The van der Waals surface area contributed by atoms with Crippen molar-refractivity contribution < 1.29 is 4.79 Å². The predicted molar refractivity (Wildman–Crippen MR) is 99.9 cm³/mol. The number of carbonyl (C=O) groups is 1.